The molecule has 1 aromatic heterocycles. The lowest BCUT2D eigenvalue weighted by molar-refractivity contribution is -0.142. The number of hydrogen-bond donors (Lipinski definition) is 0. The average Bonchev–Trinajstić information content (AvgIpc) is 3.52. The molecule has 32 heavy (non-hydrogen) atoms. The lowest BCUT2D eigenvalue weighted by Gasteiger charge is -2.29. The number of rotatable bonds is 12. The van der Waals surface area contributed by atoms with E-state index in [4.69, 9.17) is 11.6 Å². The van der Waals surface area contributed by atoms with Crippen molar-refractivity contribution in [1.29, 1.82) is 0 Å². The topological polar surface area (TPSA) is 45.6 Å². The Hall–Kier alpha value is -2.27. The van der Waals surface area contributed by atoms with Crippen molar-refractivity contribution in [3.05, 3.63) is 58.9 Å². The molecule has 6 heteroatoms. The van der Waals surface area contributed by atoms with Crippen LogP contribution in [0.25, 0.3) is 0 Å². The van der Waals surface area contributed by atoms with Gasteiger partial charge in [-0.1, -0.05) is 57.0 Å². The normalized spacial score (nSPS) is 13.4. The van der Waals surface area contributed by atoms with Gasteiger partial charge in [0.1, 0.15) is 0 Å². The van der Waals surface area contributed by atoms with Crippen LogP contribution in [0.3, 0.4) is 0 Å². The number of carbonyl (C=O) groups excluding carboxylic acids is 2. The van der Waals surface area contributed by atoms with E-state index < -0.39 is 0 Å². The number of nitrogens with zero attached hydrogens (tertiary/aromatic N) is 3. The molecule has 0 unspecified atom stereocenters. The number of unbranched alkanes of at least 4 members (excludes halogenated alkanes) is 1. The predicted octanol–water partition coefficient (Wildman–Crippen LogP) is 5.21. The molecule has 0 aliphatic heterocycles. The summed E-state index contributed by atoms with van der Waals surface area (Å²) in [6.07, 6.45) is 5.88. The lowest BCUT2D eigenvalue weighted by atomic mass is 10.2. The summed E-state index contributed by atoms with van der Waals surface area (Å²) >= 11 is 6.36. The van der Waals surface area contributed by atoms with Gasteiger partial charge in [-0.25, -0.2) is 0 Å². The van der Waals surface area contributed by atoms with Crippen LogP contribution in [0.4, 0.5) is 0 Å². The van der Waals surface area contributed by atoms with Gasteiger partial charge in [0.15, 0.2) is 0 Å². The zero-order valence-corrected chi connectivity index (χ0v) is 20.4. The summed E-state index contributed by atoms with van der Waals surface area (Å²) in [5, 5.41) is 0.743. The summed E-state index contributed by atoms with van der Waals surface area (Å²) < 4.78 is 2.14. The van der Waals surface area contributed by atoms with E-state index in [0.717, 1.165) is 42.0 Å². The molecule has 2 aromatic rings. The van der Waals surface area contributed by atoms with Crippen LogP contribution in [-0.4, -0.2) is 45.8 Å². The summed E-state index contributed by atoms with van der Waals surface area (Å²) in [7, 11) is 0. The second-order valence-corrected chi connectivity index (χ2v) is 9.68. The highest BCUT2D eigenvalue weighted by Gasteiger charge is 2.34. The minimum absolute atomic E-state index is 0.0225. The van der Waals surface area contributed by atoms with E-state index in [-0.39, 0.29) is 24.3 Å². The van der Waals surface area contributed by atoms with Gasteiger partial charge in [-0.05, 0) is 48.9 Å². The van der Waals surface area contributed by atoms with E-state index in [2.05, 4.69) is 31.4 Å². The SMILES string of the molecule is CCCCN(CC(=O)N(Cc1cccn1Cc1ccccc1Cl)CC(C)C)C(=O)C1CC1. The molecule has 1 aliphatic rings. The van der Waals surface area contributed by atoms with E-state index in [0.29, 0.717) is 32.1 Å². The number of halogens is 1. The first kappa shape index (κ1) is 24.4. The Morgan fingerprint density at radius 3 is 2.53 bits per heavy atom. The third kappa shape index (κ3) is 6.86. The van der Waals surface area contributed by atoms with Crippen LogP contribution < -0.4 is 0 Å². The van der Waals surface area contributed by atoms with E-state index >= 15 is 0 Å². The molecule has 0 saturated heterocycles. The molecule has 0 radical (unpaired) electrons. The summed E-state index contributed by atoms with van der Waals surface area (Å²) in [5.41, 5.74) is 2.11. The van der Waals surface area contributed by atoms with Crippen molar-refractivity contribution >= 4 is 23.4 Å². The summed E-state index contributed by atoms with van der Waals surface area (Å²) in [4.78, 5) is 29.8. The molecule has 5 nitrogen and oxygen atoms in total. The highest BCUT2D eigenvalue weighted by Crippen LogP contribution is 2.31. The minimum Gasteiger partial charge on any atom is -0.345 e. The van der Waals surface area contributed by atoms with Crippen molar-refractivity contribution in [2.24, 2.45) is 11.8 Å². The number of hydrogen-bond acceptors (Lipinski definition) is 2. The zero-order valence-electron chi connectivity index (χ0n) is 19.6. The maximum Gasteiger partial charge on any atom is 0.242 e. The van der Waals surface area contributed by atoms with Gasteiger partial charge in [0.05, 0.1) is 13.1 Å². The van der Waals surface area contributed by atoms with Crippen LogP contribution in [0.5, 0.6) is 0 Å². The molecule has 1 fully saturated rings. The van der Waals surface area contributed by atoms with Crippen LogP contribution in [0.1, 0.15) is 57.7 Å². The first-order chi connectivity index (χ1) is 15.4. The van der Waals surface area contributed by atoms with Gasteiger partial charge in [0.25, 0.3) is 0 Å². The van der Waals surface area contributed by atoms with Gasteiger partial charge >= 0.3 is 0 Å². The van der Waals surface area contributed by atoms with E-state index in [1.807, 2.05) is 41.4 Å². The molecule has 1 aliphatic carbocycles. The second kappa shape index (κ2) is 11.6. The van der Waals surface area contributed by atoms with Gasteiger partial charge in [-0.15, -0.1) is 0 Å². The van der Waals surface area contributed by atoms with Crippen molar-refractivity contribution in [3.8, 4) is 0 Å². The standard InChI is InChI=1S/C26H36ClN3O2/c1-4-5-14-29(26(32)21-12-13-21)19-25(31)30(16-20(2)3)18-23-10-8-15-28(23)17-22-9-6-7-11-24(22)27/h6-11,15,20-21H,4-5,12-14,16-19H2,1-3H3. The minimum atomic E-state index is 0.0225. The van der Waals surface area contributed by atoms with Crippen LogP contribution in [0.2, 0.25) is 5.02 Å². The Balaban J connectivity index is 1.72. The van der Waals surface area contributed by atoms with Crippen molar-refractivity contribution < 1.29 is 9.59 Å². The van der Waals surface area contributed by atoms with Gasteiger partial charge < -0.3 is 14.4 Å². The van der Waals surface area contributed by atoms with Crippen LogP contribution in [0, 0.1) is 11.8 Å². The number of amides is 2. The van der Waals surface area contributed by atoms with Gasteiger partial charge in [0.2, 0.25) is 11.8 Å². The number of aromatic nitrogens is 1. The Morgan fingerprint density at radius 1 is 1.12 bits per heavy atom. The van der Waals surface area contributed by atoms with Crippen molar-refractivity contribution in [1.82, 2.24) is 14.4 Å². The molecule has 0 spiro atoms. The molecule has 0 bridgehead atoms. The Labute approximate surface area is 197 Å². The number of carbonyl (C=O) groups is 2. The maximum atomic E-state index is 13.4. The van der Waals surface area contributed by atoms with Crippen LogP contribution >= 0.6 is 11.6 Å². The van der Waals surface area contributed by atoms with Gasteiger partial charge in [0, 0.05) is 42.5 Å². The molecule has 1 aromatic carbocycles. The highest BCUT2D eigenvalue weighted by molar-refractivity contribution is 6.31. The Morgan fingerprint density at radius 2 is 1.88 bits per heavy atom. The largest absolute Gasteiger partial charge is 0.345 e. The number of benzene rings is 1. The summed E-state index contributed by atoms with van der Waals surface area (Å²) in [5.74, 6) is 0.646. The monoisotopic (exact) mass is 457 g/mol. The zero-order chi connectivity index (χ0) is 23.1. The fraction of sp³-hybridized carbons (Fsp3) is 0.538. The van der Waals surface area contributed by atoms with Gasteiger partial charge in [-0.2, -0.15) is 0 Å². The first-order valence-corrected chi connectivity index (χ1v) is 12.2. The lowest BCUT2D eigenvalue weighted by Crippen LogP contribution is -2.44. The molecule has 1 saturated carbocycles. The maximum absolute atomic E-state index is 13.4. The molecule has 2 amide bonds. The third-order valence-electron chi connectivity index (χ3n) is 5.86. The van der Waals surface area contributed by atoms with Crippen LogP contribution in [-0.2, 0) is 22.7 Å². The first-order valence-electron chi connectivity index (χ1n) is 11.8. The Kier molecular flexibility index (Phi) is 8.80. The van der Waals surface area contributed by atoms with Crippen molar-refractivity contribution in [2.75, 3.05) is 19.6 Å². The van der Waals surface area contributed by atoms with E-state index in [9.17, 15) is 9.59 Å². The Bertz CT molecular complexity index is 904. The third-order valence-corrected chi connectivity index (χ3v) is 6.23. The predicted molar refractivity (Wildman–Crippen MR) is 129 cm³/mol. The average molecular weight is 458 g/mol. The molecule has 174 valence electrons. The molecule has 0 N–H and O–H groups in total. The summed E-state index contributed by atoms with van der Waals surface area (Å²) in [6.45, 7) is 9.03. The second-order valence-electron chi connectivity index (χ2n) is 9.27. The van der Waals surface area contributed by atoms with Gasteiger partial charge in [-0.3, -0.25) is 9.59 Å². The van der Waals surface area contributed by atoms with Crippen molar-refractivity contribution in [2.45, 2.75) is 59.5 Å². The molecular formula is C26H36ClN3O2. The molecular weight excluding hydrogens is 422 g/mol. The molecule has 1 heterocycles. The molecule has 0 atom stereocenters. The van der Waals surface area contributed by atoms with Crippen molar-refractivity contribution in [3.63, 3.8) is 0 Å². The summed E-state index contributed by atoms with van der Waals surface area (Å²) in [6, 6.07) is 11.9. The fourth-order valence-corrected chi connectivity index (χ4v) is 4.11. The molecule has 3 rings (SSSR count). The smallest absolute Gasteiger partial charge is 0.242 e. The van der Waals surface area contributed by atoms with E-state index in [1.165, 1.54) is 0 Å². The van der Waals surface area contributed by atoms with Crippen LogP contribution in [0.15, 0.2) is 42.6 Å². The highest BCUT2D eigenvalue weighted by atomic mass is 35.5. The van der Waals surface area contributed by atoms with E-state index in [1.54, 1.807) is 4.90 Å². The fourth-order valence-electron chi connectivity index (χ4n) is 3.92. The quantitative estimate of drug-likeness (QED) is 0.439.